The molecule has 0 amide bonds. The highest BCUT2D eigenvalue weighted by Gasteiger charge is 2.09. The largest absolute Gasteiger partial charge is 0.465 e. The molecule has 0 bridgehead atoms. The Balaban J connectivity index is 1.74. The Labute approximate surface area is 131 Å². The number of hydrogen-bond acceptors (Lipinski definition) is 3. The lowest BCUT2D eigenvalue weighted by Crippen LogP contribution is -2.10. The van der Waals surface area contributed by atoms with Crippen molar-refractivity contribution in [2.45, 2.75) is 19.3 Å². The molecular weight excluding hydrogens is 337 g/mol. The van der Waals surface area contributed by atoms with E-state index < -0.39 is 11.8 Å². The zero-order valence-electron chi connectivity index (χ0n) is 11.4. The summed E-state index contributed by atoms with van der Waals surface area (Å²) in [5.74, 6) is -0.816. The molecule has 1 aromatic heterocycles. The van der Waals surface area contributed by atoms with E-state index in [0.717, 1.165) is 22.9 Å². The summed E-state index contributed by atoms with van der Waals surface area (Å²) in [6, 6.07) is 8.36. The van der Waals surface area contributed by atoms with Gasteiger partial charge in [-0.3, -0.25) is 9.78 Å². The van der Waals surface area contributed by atoms with Gasteiger partial charge in [-0.1, -0.05) is 22.0 Å². The highest BCUT2D eigenvalue weighted by atomic mass is 79.9. The van der Waals surface area contributed by atoms with Crippen LogP contribution in [0.2, 0.25) is 0 Å². The van der Waals surface area contributed by atoms with E-state index in [1.165, 1.54) is 6.07 Å². The number of carbonyl (C=O) groups is 1. The van der Waals surface area contributed by atoms with Gasteiger partial charge >= 0.3 is 5.97 Å². The fourth-order valence-electron chi connectivity index (χ4n) is 1.89. The summed E-state index contributed by atoms with van der Waals surface area (Å²) in [6.45, 7) is 0.323. The zero-order chi connectivity index (χ0) is 15.1. The van der Waals surface area contributed by atoms with Crippen LogP contribution < -0.4 is 0 Å². The minimum absolute atomic E-state index is 0.0574. The lowest BCUT2D eigenvalue weighted by Gasteiger charge is -2.06. The van der Waals surface area contributed by atoms with Crippen LogP contribution >= 0.6 is 15.9 Å². The summed E-state index contributed by atoms with van der Waals surface area (Å²) in [5.41, 5.74) is 1.44. The Kier molecular flexibility index (Phi) is 5.87. The highest BCUT2D eigenvalue weighted by Crippen LogP contribution is 2.16. The number of rotatable bonds is 6. The Morgan fingerprint density at radius 3 is 2.95 bits per heavy atom. The molecule has 1 heterocycles. The van der Waals surface area contributed by atoms with E-state index in [1.54, 1.807) is 24.5 Å². The first-order valence-electron chi connectivity index (χ1n) is 6.63. The second kappa shape index (κ2) is 7.88. The van der Waals surface area contributed by atoms with E-state index in [0.29, 0.717) is 12.2 Å². The molecule has 110 valence electrons. The van der Waals surface area contributed by atoms with Gasteiger partial charge in [-0.25, -0.2) is 4.39 Å². The summed E-state index contributed by atoms with van der Waals surface area (Å²) >= 11 is 3.25. The number of esters is 1. The number of nitrogens with zero attached hydrogens (tertiary/aromatic N) is 1. The van der Waals surface area contributed by atoms with Crippen LogP contribution in [-0.4, -0.2) is 17.6 Å². The third-order valence-electron chi connectivity index (χ3n) is 2.94. The molecule has 0 radical (unpaired) electrons. The lowest BCUT2D eigenvalue weighted by molar-refractivity contribution is -0.142. The number of carbonyl (C=O) groups excluding carboxylic acids is 1. The van der Waals surface area contributed by atoms with Crippen molar-refractivity contribution in [3.05, 3.63) is 64.1 Å². The summed E-state index contributed by atoms with van der Waals surface area (Å²) in [4.78, 5) is 15.7. The van der Waals surface area contributed by atoms with Crippen LogP contribution in [-0.2, 0) is 22.4 Å². The molecule has 2 rings (SSSR count). The van der Waals surface area contributed by atoms with E-state index >= 15 is 0 Å². The first kappa shape index (κ1) is 15.6. The van der Waals surface area contributed by atoms with Crippen molar-refractivity contribution >= 4 is 21.9 Å². The van der Waals surface area contributed by atoms with Gasteiger partial charge in [0.15, 0.2) is 0 Å². The van der Waals surface area contributed by atoms with Crippen LogP contribution in [0.3, 0.4) is 0 Å². The van der Waals surface area contributed by atoms with Crippen LogP contribution in [0.25, 0.3) is 0 Å². The fraction of sp³-hybridized carbons (Fsp3) is 0.250. The van der Waals surface area contributed by atoms with E-state index in [4.69, 9.17) is 4.74 Å². The van der Waals surface area contributed by atoms with Crippen molar-refractivity contribution in [2.75, 3.05) is 6.61 Å². The molecule has 0 spiro atoms. The monoisotopic (exact) mass is 351 g/mol. The normalized spacial score (nSPS) is 10.4. The first-order valence-corrected chi connectivity index (χ1v) is 7.43. The van der Waals surface area contributed by atoms with E-state index in [9.17, 15) is 9.18 Å². The van der Waals surface area contributed by atoms with E-state index in [-0.39, 0.29) is 6.42 Å². The molecule has 2 aromatic rings. The predicted octanol–water partition coefficient (Wildman–Crippen LogP) is 3.70. The predicted molar refractivity (Wildman–Crippen MR) is 81.3 cm³/mol. The average Bonchev–Trinajstić information content (AvgIpc) is 2.48. The number of halogens is 2. The first-order chi connectivity index (χ1) is 10.1. The smallest absolute Gasteiger partial charge is 0.310 e. The molecule has 5 heteroatoms. The molecular formula is C16H15BrFNO2. The van der Waals surface area contributed by atoms with Crippen molar-refractivity contribution in [2.24, 2.45) is 0 Å². The second-order valence-corrected chi connectivity index (χ2v) is 5.51. The molecule has 1 aromatic carbocycles. The maximum absolute atomic E-state index is 13.5. The molecule has 0 N–H and O–H groups in total. The van der Waals surface area contributed by atoms with Crippen LogP contribution in [0.1, 0.15) is 17.5 Å². The van der Waals surface area contributed by atoms with Crippen molar-refractivity contribution < 1.29 is 13.9 Å². The van der Waals surface area contributed by atoms with Gasteiger partial charge in [0, 0.05) is 22.4 Å². The minimum atomic E-state index is -0.418. The number of benzene rings is 1. The summed E-state index contributed by atoms with van der Waals surface area (Å²) < 4.78 is 19.4. The number of pyridine rings is 1. The summed E-state index contributed by atoms with van der Waals surface area (Å²) in [6.07, 6.45) is 4.97. The Morgan fingerprint density at radius 2 is 2.19 bits per heavy atom. The summed E-state index contributed by atoms with van der Waals surface area (Å²) in [5, 5.41) is 0. The van der Waals surface area contributed by atoms with Gasteiger partial charge in [0.25, 0.3) is 0 Å². The third-order valence-corrected chi connectivity index (χ3v) is 3.43. The van der Waals surface area contributed by atoms with Crippen molar-refractivity contribution in [1.82, 2.24) is 4.98 Å². The maximum atomic E-state index is 13.5. The van der Waals surface area contributed by atoms with E-state index in [2.05, 4.69) is 20.9 Å². The van der Waals surface area contributed by atoms with Gasteiger partial charge < -0.3 is 4.74 Å². The van der Waals surface area contributed by atoms with Crippen LogP contribution in [0.5, 0.6) is 0 Å². The van der Waals surface area contributed by atoms with Gasteiger partial charge in [0.05, 0.1) is 13.0 Å². The van der Waals surface area contributed by atoms with Gasteiger partial charge in [-0.05, 0) is 42.7 Å². The number of hydrogen-bond donors (Lipinski definition) is 0. The Morgan fingerprint density at radius 1 is 1.33 bits per heavy atom. The van der Waals surface area contributed by atoms with Crippen molar-refractivity contribution in [3.8, 4) is 0 Å². The number of aryl methyl sites for hydroxylation is 1. The summed E-state index contributed by atoms with van der Waals surface area (Å²) in [7, 11) is 0. The highest BCUT2D eigenvalue weighted by molar-refractivity contribution is 9.10. The second-order valence-electron chi connectivity index (χ2n) is 4.60. The molecule has 21 heavy (non-hydrogen) atoms. The van der Waals surface area contributed by atoms with Gasteiger partial charge in [0.1, 0.15) is 5.82 Å². The van der Waals surface area contributed by atoms with Crippen molar-refractivity contribution in [1.29, 1.82) is 0 Å². The van der Waals surface area contributed by atoms with Gasteiger partial charge in [-0.15, -0.1) is 0 Å². The van der Waals surface area contributed by atoms with Crippen LogP contribution in [0.4, 0.5) is 4.39 Å². The molecule has 0 atom stereocenters. The lowest BCUT2D eigenvalue weighted by atomic mass is 10.1. The zero-order valence-corrected chi connectivity index (χ0v) is 13.0. The van der Waals surface area contributed by atoms with Crippen LogP contribution in [0, 0.1) is 5.82 Å². The third kappa shape index (κ3) is 5.27. The Hall–Kier alpha value is -1.75. The molecule has 0 unspecified atom stereocenters. The molecule has 0 saturated carbocycles. The topological polar surface area (TPSA) is 39.2 Å². The number of aromatic nitrogens is 1. The molecule has 0 saturated heterocycles. The van der Waals surface area contributed by atoms with Gasteiger partial charge in [0.2, 0.25) is 0 Å². The van der Waals surface area contributed by atoms with Crippen molar-refractivity contribution in [3.63, 3.8) is 0 Å². The van der Waals surface area contributed by atoms with Crippen LogP contribution in [0.15, 0.2) is 47.2 Å². The quantitative estimate of drug-likeness (QED) is 0.588. The fourth-order valence-corrected chi connectivity index (χ4v) is 2.30. The minimum Gasteiger partial charge on any atom is -0.465 e. The molecule has 0 fully saturated rings. The van der Waals surface area contributed by atoms with E-state index in [1.807, 2.05) is 12.1 Å². The molecule has 0 aliphatic heterocycles. The average molecular weight is 352 g/mol. The Bertz CT molecular complexity index is 604. The molecule has 0 aliphatic rings. The maximum Gasteiger partial charge on any atom is 0.310 e. The number of ether oxygens (including phenoxy) is 1. The van der Waals surface area contributed by atoms with Gasteiger partial charge in [-0.2, -0.15) is 0 Å². The molecule has 0 aliphatic carbocycles. The SMILES string of the molecule is O=C(Cc1cc(Br)ccc1F)OCCCc1cccnc1. The molecule has 3 nitrogen and oxygen atoms in total. The standard InChI is InChI=1S/C16H15BrFNO2/c17-14-5-6-15(18)13(9-14)10-16(20)21-8-2-4-12-3-1-7-19-11-12/h1,3,5-7,9,11H,2,4,8,10H2.